The minimum atomic E-state index is -0.881. The van der Waals surface area contributed by atoms with Crippen molar-refractivity contribution in [2.75, 3.05) is 18.8 Å². The molecule has 0 saturated carbocycles. The fourth-order valence-corrected chi connectivity index (χ4v) is 2.89. The van der Waals surface area contributed by atoms with Crippen molar-refractivity contribution < 1.29 is 14.4 Å². The van der Waals surface area contributed by atoms with Gasteiger partial charge in [0.25, 0.3) is 0 Å². The number of nitrogens with two attached hydrogens (primary N) is 2. The summed E-state index contributed by atoms with van der Waals surface area (Å²) in [5.41, 5.74) is 11.5. The number of rotatable bonds is 11. The molecule has 0 fully saturated rings. The summed E-state index contributed by atoms with van der Waals surface area (Å²) in [5.74, 6) is -0.958. The summed E-state index contributed by atoms with van der Waals surface area (Å²) in [6.07, 6.45) is 4.38. The van der Waals surface area contributed by atoms with Crippen LogP contribution >= 0.6 is 11.8 Å². The highest BCUT2D eigenvalue weighted by Gasteiger charge is 2.23. The van der Waals surface area contributed by atoms with Crippen molar-refractivity contribution in [1.82, 2.24) is 20.6 Å². The molecule has 0 aromatic carbocycles. The predicted octanol–water partition coefficient (Wildman–Crippen LogP) is -1.49. The van der Waals surface area contributed by atoms with Crippen molar-refractivity contribution in [3.8, 4) is 0 Å². The zero-order valence-electron chi connectivity index (χ0n) is 13.6. The van der Waals surface area contributed by atoms with Crippen LogP contribution in [0.3, 0.4) is 0 Å². The Morgan fingerprint density at radius 1 is 1.38 bits per heavy atom. The second-order valence-corrected chi connectivity index (χ2v) is 6.24. The van der Waals surface area contributed by atoms with Crippen molar-refractivity contribution in [1.29, 1.82) is 0 Å². The monoisotopic (exact) mass is 356 g/mol. The summed E-state index contributed by atoms with van der Waals surface area (Å²) >= 11 is 0.960. The Balaban J connectivity index is 2.61. The van der Waals surface area contributed by atoms with Crippen LogP contribution in [-0.2, 0) is 20.8 Å². The molecule has 2 atom stereocenters. The van der Waals surface area contributed by atoms with E-state index in [1.54, 1.807) is 12.5 Å². The SMILES string of the molecule is CC(=O)N[C@@H](CSC(=O)[C@H](Cc1cnc[nH]1)NCCCN)C(N)=O. The van der Waals surface area contributed by atoms with Gasteiger partial charge in [-0.05, 0) is 19.5 Å². The number of primary amides is 1. The lowest BCUT2D eigenvalue weighted by atomic mass is 10.2. The highest BCUT2D eigenvalue weighted by atomic mass is 32.2. The van der Waals surface area contributed by atoms with Gasteiger partial charge in [0.05, 0.1) is 12.4 Å². The van der Waals surface area contributed by atoms with Gasteiger partial charge in [0.2, 0.25) is 16.9 Å². The quantitative estimate of drug-likeness (QED) is 0.302. The molecule has 10 heteroatoms. The van der Waals surface area contributed by atoms with E-state index in [4.69, 9.17) is 11.5 Å². The normalized spacial score (nSPS) is 13.2. The fourth-order valence-electron chi connectivity index (χ4n) is 1.94. The zero-order chi connectivity index (χ0) is 17.9. The molecule has 0 saturated heterocycles. The minimum Gasteiger partial charge on any atom is -0.368 e. The maximum absolute atomic E-state index is 12.4. The number of amides is 2. The molecule has 2 amide bonds. The Morgan fingerprint density at radius 2 is 2.12 bits per heavy atom. The molecule has 1 aromatic rings. The number of H-pyrrole nitrogens is 1. The topological polar surface area (TPSA) is 156 Å². The van der Waals surface area contributed by atoms with Gasteiger partial charge in [0.15, 0.2) is 0 Å². The molecule has 134 valence electrons. The lowest BCUT2D eigenvalue weighted by molar-refractivity contribution is -0.125. The second-order valence-electron chi connectivity index (χ2n) is 5.22. The molecule has 0 bridgehead atoms. The smallest absolute Gasteiger partial charge is 0.240 e. The van der Waals surface area contributed by atoms with Crippen LogP contribution in [0.1, 0.15) is 19.0 Å². The molecular formula is C14H24N6O3S. The standard InChI is InChI=1S/C14H24N6O3S/c1-9(21)20-12(13(16)22)7-24-14(23)11(18-4-2-3-15)5-10-6-17-8-19-10/h6,8,11-12,18H,2-5,7,15H2,1H3,(H2,16,22)(H,17,19)(H,20,21)/t11-,12-/m0/s1. The lowest BCUT2D eigenvalue weighted by Gasteiger charge is -2.18. The number of carbonyl (C=O) groups excluding carboxylic acids is 3. The van der Waals surface area contributed by atoms with Gasteiger partial charge in [0, 0.05) is 31.0 Å². The molecule has 9 nitrogen and oxygen atoms in total. The number of hydrogen-bond acceptors (Lipinski definition) is 7. The number of aromatic amines is 1. The average Bonchev–Trinajstić information content (AvgIpc) is 3.02. The number of aromatic nitrogens is 2. The van der Waals surface area contributed by atoms with Crippen molar-refractivity contribution in [3.05, 3.63) is 18.2 Å². The van der Waals surface area contributed by atoms with E-state index in [1.807, 2.05) is 0 Å². The maximum atomic E-state index is 12.4. The van der Waals surface area contributed by atoms with E-state index >= 15 is 0 Å². The Hall–Kier alpha value is -1.91. The van der Waals surface area contributed by atoms with E-state index in [1.165, 1.54) is 6.92 Å². The van der Waals surface area contributed by atoms with Crippen LogP contribution in [0, 0.1) is 0 Å². The third-order valence-electron chi connectivity index (χ3n) is 3.15. The van der Waals surface area contributed by atoms with Crippen molar-refractivity contribution >= 4 is 28.7 Å². The highest BCUT2D eigenvalue weighted by Crippen LogP contribution is 2.11. The number of imidazole rings is 1. The van der Waals surface area contributed by atoms with Crippen LogP contribution < -0.4 is 22.1 Å². The molecule has 1 rings (SSSR count). The van der Waals surface area contributed by atoms with E-state index in [9.17, 15) is 14.4 Å². The summed E-state index contributed by atoms with van der Waals surface area (Å²) in [6, 6.07) is -1.33. The molecule has 1 aromatic heterocycles. The maximum Gasteiger partial charge on any atom is 0.240 e. The van der Waals surface area contributed by atoms with Crippen molar-refractivity contribution in [2.45, 2.75) is 31.8 Å². The molecule has 0 unspecified atom stereocenters. The van der Waals surface area contributed by atoms with Crippen LogP contribution in [0.15, 0.2) is 12.5 Å². The minimum absolute atomic E-state index is 0.0891. The van der Waals surface area contributed by atoms with Gasteiger partial charge in [-0.25, -0.2) is 4.98 Å². The molecule has 0 spiro atoms. The molecule has 0 radical (unpaired) electrons. The van der Waals surface area contributed by atoms with E-state index in [2.05, 4.69) is 20.6 Å². The van der Waals surface area contributed by atoms with Crippen LogP contribution in [0.25, 0.3) is 0 Å². The van der Waals surface area contributed by atoms with Gasteiger partial charge in [-0.2, -0.15) is 0 Å². The lowest BCUT2D eigenvalue weighted by Crippen LogP contribution is -2.46. The molecule has 0 aliphatic rings. The van der Waals surface area contributed by atoms with Gasteiger partial charge < -0.3 is 27.1 Å². The van der Waals surface area contributed by atoms with Gasteiger partial charge in [-0.15, -0.1) is 0 Å². The summed E-state index contributed by atoms with van der Waals surface area (Å²) in [7, 11) is 0. The fraction of sp³-hybridized carbons (Fsp3) is 0.571. The molecule has 0 aliphatic carbocycles. The summed E-state index contributed by atoms with van der Waals surface area (Å²) < 4.78 is 0. The van der Waals surface area contributed by atoms with Crippen LogP contribution in [0.5, 0.6) is 0 Å². The number of thioether (sulfide) groups is 1. The first kappa shape index (κ1) is 20.1. The second kappa shape index (κ2) is 10.8. The summed E-state index contributed by atoms with van der Waals surface area (Å²) in [6.45, 7) is 2.42. The largest absolute Gasteiger partial charge is 0.368 e. The first-order valence-corrected chi connectivity index (χ1v) is 8.56. The zero-order valence-corrected chi connectivity index (χ0v) is 14.4. The summed E-state index contributed by atoms with van der Waals surface area (Å²) in [4.78, 5) is 41.7. The van der Waals surface area contributed by atoms with E-state index in [0.717, 1.165) is 23.9 Å². The van der Waals surface area contributed by atoms with Gasteiger partial charge in [-0.1, -0.05) is 11.8 Å². The average molecular weight is 356 g/mol. The Kier molecular flexibility index (Phi) is 9.05. The van der Waals surface area contributed by atoms with Crippen LogP contribution in [0.2, 0.25) is 0 Å². The van der Waals surface area contributed by atoms with Crippen molar-refractivity contribution in [2.24, 2.45) is 11.5 Å². The number of hydrogen-bond donors (Lipinski definition) is 5. The number of nitrogens with zero attached hydrogens (tertiary/aromatic N) is 1. The first-order valence-electron chi connectivity index (χ1n) is 7.57. The highest BCUT2D eigenvalue weighted by molar-refractivity contribution is 8.13. The van der Waals surface area contributed by atoms with Gasteiger partial charge in [-0.3, -0.25) is 14.4 Å². The van der Waals surface area contributed by atoms with Crippen molar-refractivity contribution in [3.63, 3.8) is 0 Å². The molecule has 24 heavy (non-hydrogen) atoms. The van der Waals surface area contributed by atoms with Gasteiger partial charge in [0.1, 0.15) is 6.04 Å². The van der Waals surface area contributed by atoms with E-state index in [-0.39, 0.29) is 16.8 Å². The Bertz CT molecular complexity index is 537. The number of nitrogens with one attached hydrogen (secondary N) is 3. The molecule has 1 heterocycles. The predicted molar refractivity (Wildman–Crippen MR) is 92.0 cm³/mol. The van der Waals surface area contributed by atoms with Gasteiger partial charge >= 0.3 is 0 Å². The third kappa shape index (κ3) is 7.57. The third-order valence-corrected chi connectivity index (χ3v) is 4.22. The molecule has 7 N–H and O–H groups in total. The number of carbonyl (C=O) groups is 3. The molecule has 0 aliphatic heterocycles. The van der Waals surface area contributed by atoms with E-state index < -0.39 is 18.0 Å². The first-order chi connectivity index (χ1) is 11.4. The summed E-state index contributed by atoms with van der Waals surface area (Å²) in [5, 5.41) is 5.44. The Labute approximate surface area is 144 Å². The van der Waals surface area contributed by atoms with Crippen LogP contribution in [-0.4, -0.2) is 57.8 Å². The van der Waals surface area contributed by atoms with Crippen LogP contribution in [0.4, 0.5) is 0 Å². The van der Waals surface area contributed by atoms with E-state index in [0.29, 0.717) is 19.5 Å². The Morgan fingerprint density at radius 3 is 2.67 bits per heavy atom. The molecular weight excluding hydrogens is 332 g/mol.